The van der Waals surface area contributed by atoms with Gasteiger partial charge in [-0.1, -0.05) is 13.3 Å². The fraction of sp³-hybridized carbons (Fsp3) is 0.737. The summed E-state index contributed by atoms with van der Waals surface area (Å²) in [5, 5.41) is 8.40. The predicted octanol–water partition coefficient (Wildman–Crippen LogP) is 0.0235. The quantitative estimate of drug-likeness (QED) is 0.558. The van der Waals surface area contributed by atoms with Gasteiger partial charge in [-0.2, -0.15) is 9.40 Å². The molecule has 0 spiro atoms. The predicted molar refractivity (Wildman–Crippen MR) is 115 cm³/mol. The molecular formula is C19H32N6O4S. The molecule has 0 aromatic carbocycles. The van der Waals surface area contributed by atoms with Crippen LogP contribution >= 0.6 is 0 Å². The number of unbranched alkanes of at least 4 members (excludes halogenated alkanes) is 1. The van der Waals surface area contributed by atoms with Crippen LogP contribution in [0.4, 0.5) is 11.5 Å². The second kappa shape index (κ2) is 10.4. The Morgan fingerprint density at radius 3 is 2.50 bits per heavy atom. The standard InChI is InChI=1S/C19H32N6O4S/c1-3-4-13-30(27,28)22(2)16-19(26)25-7-5-23(6-8-25)17-14-18(21-20-15-17)24-9-11-29-12-10-24/h14-15H,3-13,16H2,1-2H3. The van der Waals surface area contributed by atoms with Gasteiger partial charge in [-0.3, -0.25) is 4.79 Å². The molecule has 0 radical (unpaired) electrons. The van der Waals surface area contributed by atoms with Crippen LogP contribution in [0.3, 0.4) is 0 Å². The zero-order valence-electron chi connectivity index (χ0n) is 17.9. The fourth-order valence-corrected chi connectivity index (χ4v) is 4.82. The number of rotatable bonds is 8. The molecule has 1 aromatic heterocycles. The summed E-state index contributed by atoms with van der Waals surface area (Å²) in [5.41, 5.74) is 0.984. The van der Waals surface area contributed by atoms with E-state index in [9.17, 15) is 13.2 Å². The minimum Gasteiger partial charge on any atom is -0.378 e. The first kappa shape index (κ1) is 22.7. The van der Waals surface area contributed by atoms with Gasteiger partial charge in [-0.25, -0.2) is 8.42 Å². The van der Waals surface area contributed by atoms with E-state index in [0.717, 1.165) is 31.0 Å². The van der Waals surface area contributed by atoms with Crippen LogP contribution in [0.5, 0.6) is 0 Å². The van der Waals surface area contributed by atoms with Crippen molar-refractivity contribution in [1.82, 2.24) is 19.4 Å². The molecule has 2 fully saturated rings. The molecule has 3 heterocycles. The molecule has 1 aromatic rings. The molecule has 3 rings (SSSR count). The number of sulfonamides is 1. The van der Waals surface area contributed by atoms with E-state index in [4.69, 9.17) is 4.74 Å². The van der Waals surface area contributed by atoms with Gasteiger partial charge in [-0.05, 0) is 6.42 Å². The Morgan fingerprint density at radius 1 is 1.13 bits per heavy atom. The second-order valence-electron chi connectivity index (χ2n) is 7.66. The number of morpholine rings is 1. The average molecular weight is 441 g/mol. The zero-order valence-corrected chi connectivity index (χ0v) is 18.7. The molecular weight excluding hydrogens is 408 g/mol. The number of ether oxygens (including phenoxy) is 1. The van der Waals surface area contributed by atoms with Crippen molar-refractivity contribution in [3.63, 3.8) is 0 Å². The molecule has 0 N–H and O–H groups in total. The zero-order chi connectivity index (χ0) is 21.6. The van der Waals surface area contributed by atoms with Gasteiger partial charge in [0.25, 0.3) is 0 Å². The Balaban J connectivity index is 1.52. The van der Waals surface area contributed by atoms with Gasteiger partial charge in [0.2, 0.25) is 15.9 Å². The number of amides is 1. The number of carbonyl (C=O) groups excluding carboxylic acids is 1. The average Bonchev–Trinajstić information content (AvgIpc) is 2.78. The van der Waals surface area contributed by atoms with Crippen LogP contribution in [0, 0.1) is 0 Å². The molecule has 10 nitrogen and oxygen atoms in total. The van der Waals surface area contributed by atoms with Crippen LogP contribution in [-0.2, 0) is 19.6 Å². The van der Waals surface area contributed by atoms with Crippen molar-refractivity contribution in [3.8, 4) is 0 Å². The van der Waals surface area contributed by atoms with Crippen LogP contribution in [0.1, 0.15) is 19.8 Å². The SMILES string of the molecule is CCCCS(=O)(=O)N(C)CC(=O)N1CCN(c2cnnc(N3CCOCC3)c2)CC1. The van der Waals surface area contributed by atoms with E-state index < -0.39 is 10.0 Å². The number of carbonyl (C=O) groups is 1. The topological polar surface area (TPSA) is 99.2 Å². The van der Waals surface area contributed by atoms with Crippen molar-refractivity contribution < 1.29 is 17.9 Å². The molecule has 168 valence electrons. The molecule has 0 unspecified atom stereocenters. The molecule has 1 amide bonds. The molecule has 0 atom stereocenters. The van der Waals surface area contributed by atoms with Crippen LogP contribution in [0.2, 0.25) is 0 Å². The molecule has 0 bridgehead atoms. The smallest absolute Gasteiger partial charge is 0.238 e. The normalized spacial score (nSPS) is 18.2. The summed E-state index contributed by atoms with van der Waals surface area (Å²) >= 11 is 0. The summed E-state index contributed by atoms with van der Waals surface area (Å²) in [6.45, 7) is 7.27. The van der Waals surface area contributed by atoms with Gasteiger partial charge < -0.3 is 19.4 Å². The van der Waals surface area contributed by atoms with E-state index in [-0.39, 0.29) is 18.2 Å². The summed E-state index contributed by atoms with van der Waals surface area (Å²) in [7, 11) is -1.90. The number of aromatic nitrogens is 2. The molecule has 0 aliphatic carbocycles. The van der Waals surface area contributed by atoms with Gasteiger partial charge in [0.05, 0.1) is 37.4 Å². The lowest BCUT2D eigenvalue weighted by atomic mass is 10.2. The Kier molecular flexibility index (Phi) is 7.84. The van der Waals surface area contributed by atoms with E-state index >= 15 is 0 Å². The van der Waals surface area contributed by atoms with Crippen molar-refractivity contribution in [1.29, 1.82) is 0 Å². The van der Waals surface area contributed by atoms with Crippen LogP contribution in [0.15, 0.2) is 12.3 Å². The van der Waals surface area contributed by atoms with Gasteiger partial charge >= 0.3 is 0 Å². The lowest BCUT2D eigenvalue weighted by Gasteiger charge is -2.37. The summed E-state index contributed by atoms with van der Waals surface area (Å²) in [4.78, 5) is 18.7. The maximum Gasteiger partial charge on any atom is 0.238 e. The van der Waals surface area contributed by atoms with Gasteiger partial charge in [0, 0.05) is 52.4 Å². The first-order valence-electron chi connectivity index (χ1n) is 10.5. The third-order valence-corrected chi connectivity index (χ3v) is 7.43. The van der Waals surface area contributed by atoms with Crippen molar-refractivity contribution in [2.24, 2.45) is 0 Å². The number of piperazine rings is 1. The molecule has 2 saturated heterocycles. The molecule has 2 aliphatic rings. The number of hydrogen-bond donors (Lipinski definition) is 0. The highest BCUT2D eigenvalue weighted by Gasteiger charge is 2.26. The van der Waals surface area contributed by atoms with Crippen molar-refractivity contribution in [2.75, 3.05) is 81.6 Å². The maximum atomic E-state index is 12.6. The summed E-state index contributed by atoms with van der Waals surface area (Å²) in [5.74, 6) is 0.772. The van der Waals surface area contributed by atoms with E-state index in [1.807, 2.05) is 13.0 Å². The summed E-state index contributed by atoms with van der Waals surface area (Å²) in [6, 6.07) is 2.03. The lowest BCUT2D eigenvalue weighted by Crippen LogP contribution is -2.51. The van der Waals surface area contributed by atoms with Crippen molar-refractivity contribution >= 4 is 27.4 Å². The lowest BCUT2D eigenvalue weighted by molar-refractivity contribution is -0.131. The van der Waals surface area contributed by atoms with Crippen LogP contribution < -0.4 is 9.80 Å². The van der Waals surface area contributed by atoms with Gasteiger partial charge in [-0.15, -0.1) is 5.10 Å². The second-order valence-corrected chi connectivity index (χ2v) is 9.86. The van der Waals surface area contributed by atoms with Gasteiger partial charge in [0.1, 0.15) is 0 Å². The molecule has 30 heavy (non-hydrogen) atoms. The summed E-state index contributed by atoms with van der Waals surface area (Å²) in [6.07, 6.45) is 3.15. The highest BCUT2D eigenvalue weighted by molar-refractivity contribution is 7.89. The number of nitrogens with zero attached hydrogens (tertiary/aromatic N) is 6. The van der Waals surface area contributed by atoms with E-state index in [0.29, 0.717) is 45.8 Å². The Morgan fingerprint density at radius 2 is 1.83 bits per heavy atom. The largest absolute Gasteiger partial charge is 0.378 e. The van der Waals surface area contributed by atoms with Gasteiger partial charge in [0.15, 0.2) is 5.82 Å². The summed E-state index contributed by atoms with van der Waals surface area (Å²) < 4.78 is 31.0. The Labute approximate surface area is 178 Å². The highest BCUT2D eigenvalue weighted by atomic mass is 32.2. The Bertz CT molecular complexity index is 807. The van der Waals surface area contributed by atoms with E-state index in [1.54, 1.807) is 11.1 Å². The number of hydrogen-bond acceptors (Lipinski definition) is 8. The minimum atomic E-state index is -3.38. The van der Waals surface area contributed by atoms with Crippen LogP contribution in [0.25, 0.3) is 0 Å². The van der Waals surface area contributed by atoms with Crippen molar-refractivity contribution in [2.45, 2.75) is 19.8 Å². The monoisotopic (exact) mass is 440 g/mol. The highest BCUT2D eigenvalue weighted by Crippen LogP contribution is 2.21. The first-order chi connectivity index (χ1) is 14.4. The molecule has 11 heteroatoms. The minimum absolute atomic E-state index is 0.0849. The number of anilines is 2. The van der Waals surface area contributed by atoms with E-state index in [1.165, 1.54) is 11.4 Å². The Hall–Kier alpha value is -1.98. The number of likely N-dealkylation sites (N-methyl/N-ethyl adjacent to an activating group) is 1. The molecule has 2 aliphatic heterocycles. The first-order valence-corrected chi connectivity index (χ1v) is 12.1. The molecule has 0 saturated carbocycles. The van der Waals surface area contributed by atoms with Crippen LogP contribution in [-0.4, -0.2) is 106 Å². The van der Waals surface area contributed by atoms with Crippen molar-refractivity contribution in [3.05, 3.63) is 12.3 Å². The third-order valence-electron chi connectivity index (χ3n) is 5.55. The van der Waals surface area contributed by atoms with E-state index in [2.05, 4.69) is 20.0 Å². The maximum absolute atomic E-state index is 12.6. The third kappa shape index (κ3) is 5.79. The fourth-order valence-electron chi connectivity index (χ4n) is 3.55.